The van der Waals surface area contributed by atoms with Gasteiger partial charge in [-0.15, -0.1) is 0 Å². The van der Waals surface area contributed by atoms with Gasteiger partial charge in [-0.25, -0.2) is 4.79 Å². The summed E-state index contributed by atoms with van der Waals surface area (Å²) in [5.41, 5.74) is 4.35. The average Bonchev–Trinajstić information content (AvgIpc) is 2.71. The van der Waals surface area contributed by atoms with E-state index in [2.05, 4.69) is 5.32 Å². The van der Waals surface area contributed by atoms with Gasteiger partial charge in [-0.3, -0.25) is 4.79 Å². The summed E-state index contributed by atoms with van der Waals surface area (Å²) in [4.78, 5) is 24.8. The van der Waals surface area contributed by atoms with Gasteiger partial charge in [-0.2, -0.15) is 0 Å². The molecule has 0 aliphatic carbocycles. The number of aryl methyl sites for hydroxylation is 1. The lowest BCUT2D eigenvalue weighted by atomic mass is 9.98. The van der Waals surface area contributed by atoms with Crippen molar-refractivity contribution < 1.29 is 14.3 Å². The predicted octanol–water partition coefficient (Wildman–Crippen LogP) is 5.94. The van der Waals surface area contributed by atoms with Crippen LogP contribution >= 0.6 is 23.2 Å². The zero-order chi connectivity index (χ0) is 21.0. The summed E-state index contributed by atoms with van der Waals surface area (Å²) < 4.78 is 4.90. The SMILES string of the molecule is COC(=O)c1cc(-c2ccccc2C)ccc1NC(=O)Cc1ccc(Cl)c(Cl)c1. The topological polar surface area (TPSA) is 55.4 Å². The largest absolute Gasteiger partial charge is 0.465 e. The standard InChI is InChI=1S/C23H19Cl2NO3/c1-14-5-3-4-6-17(14)16-8-10-21(18(13-16)23(28)29-2)26-22(27)12-15-7-9-19(24)20(25)11-15/h3-11,13H,12H2,1-2H3,(H,26,27). The number of ether oxygens (including phenoxy) is 1. The number of amides is 1. The molecule has 0 atom stereocenters. The molecule has 1 N–H and O–H groups in total. The quantitative estimate of drug-likeness (QED) is 0.512. The summed E-state index contributed by atoms with van der Waals surface area (Å²) in [5, 5.41) is 3.60. The summed E-state index contributed by atoms with van der Waals surface area (Å²) in [5.74, 6) is -0.803. The molecular formula is C23H19Cl2NO3. The minimum atomic E-state index is -0.523. The molecule has 0 saturated carbocycles. The highest BCUT2D eigenvalue weighted by Gasteiger charge is 2.16. The van der Waals surface area contributed by atoms with E-state index in [1.807, 2.05) is 37.3 Å². The molecule has 0 saturated heterocycles. The van der Waals surface area contributed by atoms with Gasteiger partial charge in [0.15, 0.2) is 0 Å². The monoisotopic (exact) mass is 427 g/mol. The number of carbonyl (C=O) groups excluding carboxylic acids is 2. The maximum Gasteiger partial charge on any atom is 0.339 e. The molecule has 0 unspecified atom stereocenters. The van der Waals surface area contributed by atoms with Crippen LogP contribution in [0.15, 0.2) is 60.7 Å². The van der Waals surface area contributed by atoms with Gasteiger partial charge < -0.3 is 10.1 Å². The van der Waals surface area contributed by atoms with E-state index < -0.39 is 5.97 Å². The second-order valence-corrected chi connectivity index (χ2v) is 7.35. The van der Waals surface area contributed by atoms with Crippen LogP contribution in [0.5, 0.6) is 0 Å². The molecular weight excluding hydrogens is 409 g/mol. The number of halogens is 2. The summed E-state index contributed by atoms with van der Waals surface area (Å²) in [7, 11) is 1.31. The summed E-state index contributed by atoms with van der Waals surface area (Å²) in [6.07, 6.45) is 0.0943. The highest BCUT2D eigenvalue weighted by molar-refractivity contribution is 6.42. The molecule has 3 aromatic carbocycles. The molecule has 0 aromatic heterocycles. The van der Waals surface area contributed by atoms with E-state index in [1.54, 1.807) is 30.3 Å². The van der Waals surface area contributed by atoms with Gasteiger partial charge in [0.05, 0.1) is 34.8 Å². The van der Waals surface area contributed by atoms with E-state index >= 15 is 0 Å². The van der Waals surface area contributed by atoms with Crippen LogP contribution in [0.2, 0.25) is 10.0 Å². The van der Waals surface area contributed by atoms with Crippen molar-refractivity contribution in [1.82, 2.24) is 0 Å². The first-order chi connectivity index (χ1) is 13.9. The van der Waals surface area contributed by atoms with E-state index in [0.29, 0.717) is 21.3 Å². The van der Waals surface area contributed by atoms with Crippen LogP contribution < -0.4 is 5.32 Å². The minimum Gasteiger partial charge on any atom is -0.465 e. The van der Waals surface area contributed by atoms with Gasteiger partial charge in [0.2, 0.25) is 5.91 Å². The number of hydrogen-bond donors (Lipinski definition) is 1. The molecule has 3 aromatic rings. The maximum absolute atomic E-state index is 12.5. The molecule has 0 spiro atoms. The first-order valence-corrected chi connectivity index (χ1v) is 9.67. The van der Waals surface area contributed by atoms with Crippen molar-refractivity contribution in [3.63, 3.8) is 0 Å². The Balaban J connectivity index is 1.88. The molecule has 4 nitrogen and oxygen atoms in total. The minimum absolute atomic E-state index is 0.0943. The molecule has 3 rings (SSSR count). The Labute approximate surface area is 179 Å². The van der Waals surface area contributed by atoms with Crippen molar-refractivity contribution in [3.05, 3.63) is 87.4 Å². The first kappa shape index (κ1) is 20.9. The van der Waals surface area contributed by atoms with Crippen LogP contribution in [0.1, 0.15) is 21.5 Å². The normalized spacial score (nSPS) is 10.5. The number of esters is 1. The molecule has 29 heavy (non-hydrogen) atoms. The van der Waals surface area contributed by atoms with E-state index in [4.69, 9.17) is 27.9 Å². The van der Waals surface area contributed by atoms with Crippen molar-refractivity contribution in [2.75, 3.05) is 12.4 Å². The van der Waals surface area contributed by atoms with E-state index in [-0.39, 0.29) is 17.9 Å². The average molecular weight is 428 g/mol. The number of benzene rings is 3. The Morgan fingerprint density at radius 3 is 2.41 bits per heavy atom. The number of anilines is 1. The van der Waals surface area contributed by atoms with Gasteiger partial charge in [0, 0.05) is 0 Å². The van der Waals surface area contributed by atoms with Crippen LogP contribution in [0.25, 0.3) is 11.1 Å². The van der Waals surface area contributed by atoms with Crippen molar-refractivity contribution in [1.29, 1.82) is 0 Å². The number of methoxy groups -OCH3 is 1. The second kappa shape index (κ2) is 9.12. The van der Waals surface area contributed by atoms with Gasteiger partial charge >= 0.3 is 5.97 Å². The van der Waals surface area contributed by atoms with Gasteiger partial charge in [0.1, 0.15) is 0 Å². The fourth-order valence-electron chi connectivity index (χ4n) is 3.03. The van der Waals surface area contributed by atoms with Crippen molar-refractivity contribution in [2.45, 2.75) is 13.3 Å². The highest BCUT2D eigenvalue weighted by Crippen LogP contribution is 2.28. The van der Waals surface area contributed by atoms with E-state index in [0.717, 1.165) is 16.7 Å². The highest BCUT2D eigenvalue weighted by atomic mass is 35.5. The summed E-state index contributed by atoms with van der Waals surface area (Å²) >= 11 is 11.9. The van der Waals surface area contributed by atoms with Gasteiger partial charge in [-0.05, 0) is 53.4 Å². The molecule has 6 heteroatoms. The summed E-state index contributed by atoms with van der Waals surface area (Å²) in [6, 6.07) is 18.2. The molecule has 0 fully saturated rings. The van der Waals surface area contributed by atoms with E-state index in [9.17, 15) is 9.59 Å². The Bertz CT molecular complexity index is 1080. The Hall–Kier alpha value is -2.82. The van der Waals surface area contributed by atoms with E-state index in [1.165, 1.54) is 7.11 Å². The molecule has 0 aliphatic heterocycles. The zero-order valence-electron chi connectivity index (χ0n) is 16.0. The van der Waals surface area contributed by atoms with Gasteiger partial charge in [0.25, 0.3) is 0 Å². The van der Waals surface area contributed by atoms with Crippen LogP contribution in [0.4, 0.5) is 5.69 Å². The number of carbonyl (C=O) groups is 2. The molecule has 0 bridgehead atoms. The molecule has 0 radical (unpaired) electrons. The summed E-state index contributed by atoms with van der Waals surface area (Å²) in [6.45, 7) is 2.00. The predicted molar refractivity (Wildman–Crippen MR) is 117 cm³/mol. The first-order valence-electron chi connectivity index (χ1n) is 8.91. The van der Waals surface area contributed by atoms with Crippen LogP contribution in [0.3, 0.4) is 0 Å². The lowest BCUT2D eigenvalue weighted by Gasteiger charge is -2.13. The third kappa shape index (κ3) is 4.97. The number of nitrogens with one attached hydrogen (secondary N) is 1. The van der Waals surface area contributed by atoms with Crippen molar-refractivity contribution in [2.24, 2.45) is 0 Å². The Kier molecular flexibility index (Phi) is 6.57. The smallest absolute Gasteiger partial charge is 0.339 e. The molecule has 0 heterocycles. The zero-order valence-corrected chi connectivity index (χ0v) is 17.5. The third-order valence-corrected chi connectivity index (χ3v) is 5.24. The number of rotatable bonds is 5. The molecule has 0 aliphatic rings. The number of hydrogen-bond acceptors (Lipinski definition) is 3. The van der Waals surface area contributed by atoms with Gasteiger partial charge in [-0.1, -0.05) is 59.6 Å². The Morgan fingerprint density at radius 2 is 1.72 bits per heavy atom. The fraction of sp³-hybridized carbons (Fsp3) is 0.130. The van der Waals surface area contributed by atoms with Crippen LogP contribution in [-0.2, 0) is 16.0 Å². The van der Waals surface area contributed by atoms with Crippen molar-refractivity contribution in [3.8, 4) is 11.1 Å². The maximum atomic E-state index is 12.5. The van der Waals surface area contributed by atoms with Crippen LogP contribution in [0, 0.1) is 6.92 Å². The Morgan fingerprint density at radius 1 is 0.966 bits per heavy atom. The second-order valence-electron chi connectivity index (χ2n) is 6.54. The van der Waals surface area contributed by atoms with Crippen molar-refractivity contribution >= 4 is 40.8 Å². The van der Waals surface area contributed by atoms with Crippen LogP contribution in [-0.4, -0.2) is 19.0 Å². The molecule has 148 valence electrons. The lowest BCUT2D eigenvalue weighted by molar-refractivity contribution is -0.115. The third-order valence-electron chi connectivity index (χ3n) is 4.50. The fourth-order valence-corrected chi connectivity index (χ4v) is 3.35. The lowest BCUT2D eigenvalue weighted by Crippen LogP contribution is -2.17. The molecule has 1 amide bonds.